The van der Waals surface area contributed by atoms with Gasteiger partial charge in [0.15, 0.2) is 5.78 Å². The molecule has 2 rings (SSSR count). The molecule has 0 saturated heterocycles. The smallest absolute Gasteiger partial charge is 0.341 e. The number of aromatic nitrogens is 1. The Morgan fingerprint density at radius 3 is 2.68 bits per heavy atom. The minimum atomic E-state index is -0.545. The monoisotopic (exact) mass is 378 g/mol. The third kappa shape index (κ3) is 4.90. The Balaban J connectivity index is 2.16. The molecule has 0 aliphatic carbocycles. The number of Topliss-reactive ketones (excluding diaryl/α,β-unsaturated/α-hetero) is 1. The molecule has 0 unspecified atom stereocenters. The van der Waals surface area contributed by atoms with E-state index < -0.39 is 5.97 Å². The fourth-order valence-electron chi connectivity index (χ4n) is 2.12. The number of carbonyl (C=O) groups excluding carboxylic acids is 3. The van der Waals surface area contributed by atoms with Gasteiger partial charge in [-0.3, -0.25) is 9.59 Å². The van der Waals surface area contributed by atoms with Crippen LogP contribution < -0.4 is 5.32 Å². The molecule has 6 nitrogen and oxygen atoms in total. The molecule has 2 heterocycles. The Labute approximate surface area is 154 Å². The molecule has 2 aromatic heterocycles. The van der Waals surface area contributed by atoms with Crippen LogP contribution in [0.5, 0.6) is 0 Å². The molecule has 1 N–H and O–H groups in total. The number of thioether (sulfide) groups is 1. The molecule has 0 aromatic carbocycles. The van der Waals surface area contributed by atoms with E-state index in [9.17, 15) is 14.4 Å². The summed E-state index contributed by atoms with van der Waals surface area (Å²) in [7, 11) is 0. The maximum absolute atomic E-state index is 12.2. The predicted octanol–water partition coefficient (Wildman–Crippen LogP) is 3.56. The molecule has 8 heteroatoms. The van der Waals surface area contributed by atoms with Crippen LogP contribution in [-0.4, -0.2) is 35.0 Å². The molecular weight excluding hydrogens is 360 g/mol. The van der Waals surface area contributed by atoms with Gasteiger partial charge in [0, 0.05) is 6.20 Å². The first kappa shape index (κ1) is 19.1. The number of thiophene rings is 1. The molecule has 0 spiro atoms. The van der Waals surface area contributed by atoms with Crippen LogP contribution in [0.1, 0.15) is 39.4 Å². The van der Waals surface area contributed by atoms with Crippen molar-refractivity contribution >= 4 is 45.8 Å². The standard InChI is InChI=1S/C17H18N2O4S2/c1-4-23-17(22)14-10(2)15(11(3)20)25-16(14)19-12(21)9-24-13-7-5-6-8-18-13/h5-8H,4,9H2,1-3H3,(H,19,21). The Kier molecular flexibility index (Phi) is 6.72. The summed E-state index contributed by atoms with van der Waals surface area (Å²) in [6, 6.07) is 5.45. The highest BCUT2D eigenvalue weighted by Crippen LogP contribution is 2.34. The lowest BCUT2D eigenvalue weighted by molar-refractivity contribution is -0.113. The first-order valence-corrected chi connectivity index (χ1v) is 9.39. The summed E-state index contributed by atoms with van der Waals surface area (Å²) >= 11 is 2.38. The average Bonchev–Trinajstić information content (AvgIpc) is 2.90. The van der Waals surface area contributed by atoms with Crippen molar-refractivity contribution in [3.05, 3.63) is 40.4 Å². The number of carbonyl (C=O) groups is 3. The lowest BCUT2D eigenvalue weighted by Gasteiger charge is -2.07. The fraction of sp³-hybridized carbons (Fsp3) is 0.294. The molecule has 0 bridgehead atoms. The van der Waals surface area contributed by atoms with Crippen LogP contribution in [0.2, 0.25) is 0 Å². The number of rotatable bonds is 7. The maximum atomic E-state index is 12.2. The first-order valence-electron chi connectivity index (χ1n) is 7.59. The summed E-state index contributed by atoms with van der Waals surface area (Å²) in [6.07, 6.45) is 1.65. The van der Waals surface area contributed by atoms with Crippen molar-refractivity contribution in [2.75, 3.05) is 17.7 Å². The van der Waals surface area contributed by atoms with Crippen molar-refractivity contribution in [2.24, 2.45) is 0 Å². The third-order valence-corrected chi connectivity index (χ3v) is 5.44. The van der Waals surface area contributed by atoms with Gasteiger partial charge in [-0.25, -0.2) is 9.78 Å². The largest absolute Gasteiger partial charge is 0.462 e. The van der Waals surface area contributed by atoms with Crippen molar-refractivity contribution in [2.45, 2.75) is 25.8 Å². The zero-order chi connectivity index (χ0) is 18.4. The molecule has 25 heavy (non-hydrogen) atoms. The van der Waals surface area contributed by atoms with Gasteiger partial charge in [-0.05, 0) is 38.5 Å². The number of esters is 1. The van der Waals surface area contributed by atoms with Crippen LogP contribution in [0.4, 0.5) is 5.00 Å². The van der Waals surface area contributed by atoms with Crippen molar-refractivity contribution in [1.82, 2.24) is 4.98 Å². The van der Waals surface area contributed by atoms with E-state index in [-0.39, 0.29) is 29.6 Å². The van der Waals surface area contributed by atoms with Crippen LogP contribution in [-0.2, 0) is 9.53 Å². The number of hydrogen-bond acceptors (Lipinski definition) is 7. The predicted molar refractivity (Wildman–Crippen MR) is 98.6 cm³/mol. The number of pyridine rings is 1. The summed E-state index contributed by atoms with van der Waals surface area (Å²) in [4.78, 5) is 40.7. The number of hydrogen-bond donors (Lipinski definition) is 1. The highest BCUT2D eigenvalue weighted by molar-refractivity contribution is 7.99. The quantitative estimate of drug-likeness (QED) is 0.450. The van der Waals surface area contributed by atoms with Gasteiger partial charge in [0.1, 0.15) is 5.00 Å². The number of anilines is 1. The Morgan fingerprint density at radius 2 is 2.08 bits per heavy atom. The average molecular weight is 378 g/mol. The van der Waals surface area contributed by atoms with Gasteiger partial charge in [-0.2, -0.15) is 0 Å². The molecule has 0 aliphatic heterocycles. The Morgan fingerprint density at radius 1 is 1.32 bits per heavy atom. The zero-order valence-corrected chi connectivity index (χ0v) is 15.8. The molecule has 0 atom stereocenters. The van der Waals surface area contributed by atoms with Gasteiger partial charge >= 0.3 is 5.97 Å². The normalized spacial score (nSPS) is 10.4. The summed E-state index contributed by atoms with van der Waals surface area (Å²) in [5.41, 5.74) is 0.775. The number of ether oxygens (including phenoxy) is 1. The second kappa shape index (κ2) is 8.77. The second-order valence-electron chi connectivity index (χ2n) is 5.04. The van der Waals surface area contributed by atoms with Gasteiger partial charge in [0.25, 0.3) is 0 Å². The van der Waals surface area contributed by atoms with E-state index in [4.69, 9.17) is 4.74 Å². The minimum Gasteiger partial charge on any atom is -0.462 e. The van der Waals surface area contributed by atoms with Gasteiger partial charge in [-0.1, -0.05) is 17.8 Å². The molecule has 132 valence electrons. The summed E-state index contributed by atoms with van der Waals surface area (Å²) in [6.45, 7) is 5.02. The summed E-state index contributed by atoms with van der Waals surface area (Å²) < 4.78 is 5.04. The summed E-state index contributed by atoms with van der Waals surface area (Å²) in [5.74, 6) is -0.837. The van der Waals surface area contributed by atoms with Crippen molar-refractivity contribution in [3.63, 3.8) is 0 Å². The van der Waals surface area contributed by atoms with E-state index in [1.807, 2.05) is 12.1 Å². The molecule has 2 aromatic rings. The van der Waals surface area contributed by atoms with Crippen LogP contribution in [0.15, 0.2) is 29.4 Å². The number of amides is 1. The van der Waals surface area contributed by atoms with Gasteiger partial charge in [0.2, 0.25) is 5.91 Å². The SMILES string of the molecule is CCOC(=O)c1c(NC(=O)CSc2ccccn2)sc(C(C)=O)c1C. The number of nitrogens with one attached hydrogen (secondary N) is 1. The van der Waals surface area contributed by atoms with Crippen molar-refractivity contribution in [3.8, 4) is 0 Å². The third-order valence-electron chi connectivity index (χ3n) is 3.19. The van der Waals surface area contributed by atoms with E-state index >= 15 is 0 Å². The lowest BCUT2D eigenvalue weighted by atomic mass is 10.1. The van der Waals surface area contributed by atoms with Crippen LogP contribution in [0.3, 0.4) is 0 Å². The molecule has 0 aliphatic rings. The minimum absolute atomic E-state index is 0.144. The second-order valence-corrected chi connectivity index (χ2v) is 7.06. The van der Waals surface area contributed by atoms with Crippen LogP contribution >= 0.6 is 23.1 Å². The van der Waals surface area contributed by atoms with E-state index in [0.29, 0.717) is 15.4 Å². The Hall–Kier alpha value is -2.19. The highest BCUT2D eigenvalue weighted by atomic mass is 32.2. The molecule has 0 saturated carbocycles. The van der Waals surface area contributed by atoms with Gasteiger partial charge in [-0.15, -0.1) is 11.3 Å². The fourth-order valence-corrected chi connectivity index (χ4v) is 3.89. The lowest BCUT2D eigenvalue weighted by Crippen LogP contribution is -2.16. The van der Waals surface area contributed by atoms with E-state index in [1.165, 1.54) is 18.7 Å². The van der Waals surface area contributed by atoms with Gasteiger partial charge in [0.05, 0.1) is 27.8 Å². The van der Waals surface area contributed by atoms with E-state index in [1.54, 1.807) is 26.1 Å². The van der Waals surface area contributed by atoms with Crippen LogP contribution in [0, 0.1) is 6.92 Å². The topological polar surface area (TPSA) is 85.4 Å². The summed E-state index contributed by atoms with van der Waals surface area (Å²) in [5, 5.41) is 3.79. The molecular formula is C17H18N2O4S2. The van der Waals surface area contributed by atoms with E-state index in [2.05, 4.69) is 10.3 Å². The number of ketones is 1. The first-order chi connectivity index (χ1) is 11.9. The van der Waals surface area contributed by atoms with Crippen molar-refractivity contribution in [1.29, 1.82) is 0 Å². The molecule has 0 fully saturated rings. The van der Waals surface area contributed by atoms with Gasteiger partial charge < -0.3 is 10.1 Å². The molecule has 1 amide bonds. The van der Waals surface area contributed by atoms with Crippen molar-refractivity contribution < 1.29 is 19.1 Å². The maximum Gasteiger partial charge on any atom is 0.341 e. The van der Waals surface area contributed by atoms with E-state index in [0.717, 1.165) is 16.4 Å². The zero-order valence-electron chi connectivity index (χ0n) is 14.1. The molecule has 0 radical (unpaired) electrons. The van der Waals surface area contributed by atoms with Crippen LogP contribution in [0.25, 0.3) is 0 Å². The number of nitrogens with zero attached hydrogens (tertiary/aromatic N) is 1. The highest BCUT2D eigenvalue weighted by Gasteiger charge is 2.25. The Bertz CT molecular complexity index is 787.